The number of amides is 1. The highest BCUT2D eigenvalue weighted by Crippen LogP contribution is 2.12. The standard InChI is InChI=1S/C12H18ClN3O2/c1-9-6-15(7-10(2)18-9)12(17)3-4-16-8-11(13)5-14-16/h5,8-10H,3-4,6-7H2,1-2H3/t9-,10+. The van der Waals surface area contributed by atoms with Crippen LogP contribution in [0.4, 0.5) is 0 Å². The number of halogens is 1. The number of ether oxygens (including phenoxy) is 1. The van der Waals surface area contributed by atoms with Gasteiger partial charge < -0.3 is 9.64 Å². The van der Waals surface area contributed by atoms with Crippen LogP contribution in [0.1, 0.15) is 20.3 Å². The lowest BCUT2D eigenvalue weighted by Crippen LogP contribution is -2.48. The molecule has 1 aliphatic rings. The quantitative estimate of drug-likeness (QED) is 0.838. The molecule has 6 heteroatoms. The van der Waals surface area contributed by atoms with Crippen LogP contribution < -0.4 is 0 Å². The van der Waals surface area contributed by atoms with Crippen molar-refractivity contribution in [2.24, 2.45) is 0 Å². The van der Waals surface area contributed by atoms with Crippen LogP contribution in [0.2, 0.25) is 5.02 Å². The highest BCUT2D eigenvalue weighted by atomic mass is 35.5. The third-order valence-electron chi connectivity index (χ3n) is 2.93. The molecule has 18 heavy (non-hydrogen) atoms. The topological polar surface area (TPSA) is 47.4 Å². The maximum atomic E-state index is 12.1. The van der Waals surface area contributed by atoms with Crippen LogP contribution in [0.3, 0.4) is 0 Å². The molecule has 1 aliphatic heterocycles. The molecule has 1 aromatic heterocycles. The summed E-state index contributed by atoms with van der Waals surface area (Å²) in [6, 6.07) is 0. The van der Waals surface area contributed by atoms with E-state index in [1.165, 1.54) is 0 Å². The Hall–Kier alpha value is -1.07. The fourth-order valence-electron chi connectivity index (χ4n) is 2.21. The van der Waals surface area contributed by atoms with E-state index in [0.29, 0.717) is 31.1 Å². The van der Waals surface area contributed by atoms with Gasteiger partial charge in [0.05, 0.1) is 23.4 Å². The smallest absolute Gasteiger partial charge is 0.224 e. The van der Waals surface area contributed by atoms with Gasteiger partial charge in [0.25, 0.3) is 0 Å². The lowest BCUT2D eigenvalue weighted by molar-refractivity contribution is -0.143. The van der Waals surface area contributed by atoms with Crippen LogP contribution in [0.5, 0.6) is 0 Å². The number of aryl methyl sites for hydroxylation is 1. The van der Waals surface area contributed by atoms with Gasteiger partial charge in [-0.15, -0.1) is 0 Å². The first-order valence-corrected chi connectivity index (χ1v) is 6.53. The Kier molecular flexibility index (Phi) is 4.24. The molecule has 0 aliphatic carbocycles. The Morgan fingerprint density at radius 2 is 2.17 bits per heavy atom. The largest absolute Gasteiger partial charge is 0.372 e. The van der Waals surface area contributed by atoms with Gasteiger partial charge in [0.2, 0.25) is 5.91 Å². The van der Waals surface area contributed by atoms with Crippen molar-refractivity contribution in [1.82, 2.24) is 14.7 Å². The van der Waals surface area contributed by atoms with Crippen molar-refractivity contribution in [3.05, 3.63) is 17.4 Å². The summed E-state index contributed by atoms with van der Waals surface area (Å²) in [5, 5.41) is 4.65. The molecule has 2 rings (SSSR count). The van der Waals surface area contributed by atoms with E-state index >= 15 is 0 Å². The molecule has 0 bridgehead atoms. The van der Waals surface area contributed by atoms with Crippen LogP contribution in [0.15, 0.2) is 12.4 Å². The average Bonchev–Trinajstić information content (AvgIpc) is 2.70. The molecule has 1 saturated heterocycles. The summed E-state index contributed by atoms with van der Waals surface area (Å²) in [6.45, 7) is 5.88. The minimum Gasteiger partial charge on any atom is -0.372 e. The lowest BCUT2D eigenvalue weighted by Gasteiger charge is -2.35. The first-order chi connectivity index (χ1) is 8.54. The Balaban J connectivity index is 1.84. The third kappa shape index (κ3) is 3.46. The number of hydrogen-bond acceptors (Lipinski definition) is 3. The molecule has 0 saturated carbocycles. The molecule has 5 nitrogen and oxygen atoms in total. The monoisotopic (exact) mass is 271 g/mol. The zero-order chi connectivity index (χ0) is 13.1. The molecular weight excluding hydrogens is 254 g/mol. The predicted octanol–water partition coefficient (Wildman–Crippen LogP) is 1.56. The van der Waals surface area contributed by atoms with Crippen molar-refractivity contribution in [1.29, 1.82) is 0 Å². The molecule has 2 atom stereocenters. The van der Waals surface area contributed by atoms with E-state index in [0.717, 1.165) is 0 Å². The summed E-state index contributed by atoms with van der Waals surface area (Å²) in [4.78, 5) is 13.9. The molecule has 1 fully saturated rings. The van der Waals surface area contributed by atoms with E-state index < -0.39 is 0 Å². The highest BCUT2D eigenvalue weighted by Gasteiger charge is 2.25. The molecule has 100 valence electrons. The number of hydrogen-bond donors (Lipinski definition) is 0. The summed E-state index contributed by atoms with van der Waals surface area (Å²) in [5.41, 5.74) is 0. The number of carbonyl (C=O) groups is 1. The Bertz CT molecular complexity index is 411. The zero-order valence-corrected chi connectivity index (χ0v) is 11.4. The third-order valence-corrected chi connectivity index (χ3v) is 3.12. The minimum absolute atomic E-state index is 0.108. The number of aromatic nitrogens is 2. The fraction of sp³-hybridized carbons (Fsp3) is 0.667. The second-order valence-corrected chi connectivity index (χ2v) is 5.16. The first-order valence-electron chi connectivity index (χ1n) is 6.16. The Labute approximate surface area is 112 Å². The molecule has 0 unspecified atom stereocenters. The molecule has 0 spiro atoms. The van der Waals surface area contributed by atoms with Crippen LogP contribution in [-0.2, 0) is 16.1 Å². The van der Waals surface area contributed by atoms with Crippen molar-refractivity contribution in [3.8, 4) is 0 Å². The normalized spacial score (nSPS) is 24.3. The van der Waals surface area contributed by atoms with Crippen LogP contribution in [0, 0.1) is 0 Å². The van der Waals surface area contributed by atoms with E-state index in [2.05, 4.69) is 5.10 Å². The van der Waals surface area contributed by atoms with Gasteiger partial charge in [-0.25, -0.2) is 0 Å². The minimum atomic E-state index is 0.108. The van der Waals surface area contributed by atoms with Gasteiger partial charge in [-0.1, -0.05) is 11.6 Å². The van der Waals surface area contributed by atoms with Crippen molar-refractivity contribution >= 4 is 17.5 Å². The predicted molar refractivity (Wildman–Crippen MR) is 68.4 cm³/mol. The number of carbonyl (C=O) groups excluding carboxylic acids is 1. The maximum Gasteiger partial charge on any atom is 0.224 e. The number of rotatable bonds is 3. The van der Waals surface area contributed by atoms with E-state index in [1.54, 1.807) is 17.1 Å². The molecule has 0 aromatic carbocycles. The van der Waals surface area contributed by atoms with E-state index in [9.17, 15) is 4.79 Å². The summed E-state index contributed by atoms with van der Waals surface area (Å²) in [5.74, 6) is 0.142. The second-order valence-electron chi connectivity index (χ2n) is 4.73. The van der Waals surface area contributed by atoms with Crippen molar-refractivity contribution < 1.29 is 9.53 Å². The second kappa shape index (κ2) is 5.71. The van der Waals surface area contributed by atoms with Crippen LogP contribution >= 0.6 is 11.6 Å². The Morgan fingerprint density at radius 3 is 2.72 bits per heavy atom. The molecule has 2 heterocycles. The zero-order valence-electron chi connectivity index (χ0n) is 10.7. The highest BCUT2D eigenvalue weighted by molar-refractivity contribution is 6.30. The molecule has 0 radical (unpaired) electrons. The van der Waals surface area contributed by atoms with Gasteiger partial charge in [0.1, 0.15) is 0 Å². The van der Waals surface area contributed by atoms with Crippen LogP contribution in [0.25, 0.3) is 0 Å². The molecular formula is C12H18ClN3O2. The van der Waals surface area contributed by atoms with E-state index in [4.69, 9.17) is 16.3 Å². The number of nitrogens with zero attached hydrogens (tertiary/aromatic N) is 3. The van der Waals surface area contributed by atoms with Gasteiger partial charge in [-0.3, -0.25) is 9.48 Å². The van der Waals surface area contributed by atoms with Crippen molar-refractivity contribution in [2.45, 2.75) is 39.0 Å². The van der Waals surface area contributed by atoms with Crippen molar-refractivity contribution in [3.63, 3.8) is 0 Å². The van der Waals surface area contributed by atoms with Crippen molar-refractivity contribution in [2.75, 3.05) is 13.1 Å². The summed E-state index contributed by atoms with van der Waals surface area (Å²) < 4.78 is 7.29. The van der Waals surface area contributed by atoms with Gasteiger partial charge in [0.15, 0.2) is 0 Å². The summed E-state index contributed by atoms with van der Waals surface area (Å²) >= 11 is 5.77. The first kappa shape index (κ1) is 13.4. The fourth-order valence-corrected chi connectivity index (χ4v) is 2.37. The summed E-state index contributed by atoms with van der Waals surface area (Å²) in [6.07, 6.45) is 3.95. The maximum absolute atomic E-state index is 12.1. The molecule has 1 aromatic rings. The van der Waals surface area contributed by atoms with Gasteiger partial charge >= 0.3 is 0 Å². The van der Waals surface area contributed by atoms with Gasteiger partial charge in [-0.2, -0.15) is 5.10 Å². The van der Waals surface area contributed by atoms with Gasteiger partial charge in [-0.05, 0) is 13.8 Å². The SMILES string of the molecule is C[C@@H]1CN(C(=O)CCn2cc(Cl)cn2)C[C@H](C)O1. The average molecular weight is 272 g/mol. The lowest BCUT2D eigenvalue weighted by atomic mass is 10.2. The van der Waals surface area contributed by atoms with Crippen LogP contribution in [-0.4, -0.2) is 45.9 Å². The molecule has 0 N–H and O–H groups in total. The van der Waals surface area contributed by atoms with Gasteiger partial charge in [0, 0.05) is 32.3 Å². The molecule has 1 amide bonds. The van der Waals surface area contributed by atoms with E-state index in [1.807, 2.05) is 18.7 Å². The number of morpholine rings is 1. The Morgan fingerprint density at radius 1 is 1.50 bits per heavy atom. The summed E-state index contributed by atoms with van der Waals surface area (Å²) in [7, 11) is 0. The van der Waals surface area contributed by atoms with E-state index in [-0.39, 0.29) is 18.1 Å².